The number of nitrogens with zero attached hydrogens (tertiary/aromatic N) is 2. The predicted octanol–water partition coefficient (Wildman–Crippen LogP) is 2.46. The zero-order valence-corrected chi connectivity index (χ0v) is 11.7. The van der Waals surface area contributed by atoms with E-state index in [2.05, 4.69) is 16.8 Å². The molecule has 1 fully saturated rings. The lowest BCUT2D eigenvalue weighted by Gasteiger charge is -2.38. The highest BCUT2D eigenvalue weighted by molar-refractivity contribution is 7.07. The quantitative estimate of drug-likeness (QED) is 0.911. The summed E-state index contributed by atoms with van der Waals surface area (Å²) < 4.78 is 0. The lowest BCUT2D eigenvalue weighted by Crippen LogP contribution is -2.44. The number of hydrogen-bond acceptors (Lipinski definition) is 4. The molecule has 0 radical (unpaired) electrons. The molecule has 100 valence electrons. The van der Waals surface area contributed by atoms with Gasteiger partial charge in [-0.15, -0.1) is 11.3 Å². The zero-order valence-electron chi connectivity index (χ0n) is 10.9. The number of carboxylic acids is 1. The van der Waals surface area contributed by atoms with Crippen molar-refractivity contribution in [3.05, 3.63) is 16.6 Å². The first-order valence-corrected chi connectivity index (χ1v) is 7.32. The van der Waals surface area contributed by atoms with Gasteiger partial charge in [0.15, 0.2) is 0 Å². The standard InChI is InChI=1S/C13H20N2O2S/c1-9-3-4-11(13(16)17)12(5-9)15(2)6-10-7-18-8-14-10/h7-9,11-12H,3-6H2,1-2H3,(H,16,17). The van der Waals surface area contributed by atoms with Gasteiger partial charge in [0.1, 0.15) is 0 Å². The Labute approximate surface area is 112 Å². The molecule has 1 heterocycles. The maximum atomic E-state index is 11.3. The summed E-state index contributed by atoms with van der Waals surface area (Å²) in [7, 11) is 2.01. The maximum absolute atomic E-state index is 11.3. The fourth-order valence-corrected chi connectivity index (χ4v) is 3.36. The first-order valence-electron chi connectivity index (χ1n) is 6.38. The van der Waals surface area contributed by atoms with Crippen molar-refractivity contribution < 1.29 is 9.90 Å². The number of carbonyl (C=O) groups is 1. The fraction of sp³-hybridized carbons (Fsp3) is 0.692. The van der Waals surface area contributed by atoms with Gasteiger partial charge in [-0.1, -0.05) is 6.92 Å². The molecule has 4 nitrogen and oxygen atoms in total. The largest absolute Gasteiger partial charge is 0.481 e. The van der Waals surface area contributed by atoms with E-state index in [4.69, 9.17) is 0 Å². The van der Waals surface area contributed by atoms with E-state index in [1.807, 2.05) is 17.9 Å². The van der Waals surface area contributed by atoms with Gasteiger partial charge in [0.25, 0.3) is 0 Å². The number of hydrogen-bond donors (Lipinski definition) is 1. The number of aromatic nitrogens is 1. The van der Waals surface area contributed by atoms with Gasteiger partial charge in [0.05, 0.1) is 17.1 Å². The third kappa shape index (κ3) is 3.09. The minimum atomic E-state index is -0.656. The number of aliphatic carboxylic acids is 1. The third-order valence-corrected chi connectivity index (χ3v) is 4.49. The molecule has 1 aromatic heterocycles. The molecule has 1 N–H and O–H groups in total. The van der Waals surface area contributed by atoms with Crippen molar-refractivity contribution in [2.24, 2.45) is 11.8 Å². The molecule has 0 spiro atoms. The molecule has 0 amide bonds. The first-order chi connectivity index (χ1) is 8.58. The summed E-state index contributed by atoms with van der Waals surface area (Å²) in [5.41, 5.74) is 2.85. The van der Waals surface area contributed by atoms with Crippen molar-refractivity contribution in [1.82, 2.24) is 9.88 Å². The average Bonchev–Trinajstić information content (AvgIpc) is 2.81. The topological polar surface area (TPSA) is 53.4 Å². The van der Waals surface area contributed by atoms with Crippen LogP contribution in [-0.2, 0) is 11.3 Å². The van der Waals surface area contributed by atoms with E-state index in [-0.39, 0.29) is 12.0 Å². The third-order valence-electron chi connectivity index (χ3n) is 3.86. The normalized spacial score (nSPS) is 28.5. The molecular formula is C13H20N2O2S. The van der Waals surface area contributed by atoms with Crippen LogP contribution in [0.3, 0.4) is 0 Å². The van der Waals surface area contributed by atoms with Gasteiger partial charge in [-0.3, -0.25) is 9.69 Å². The van der Waals surface area contributed by atoms with Crippen molar-refractivity contribution in [1.29, 1.82) is 0 Å². The van der Waals surface area contributed by atoms with Crippen LogP contribution in [0.4, 0.5) is 0 Å². The van der Waals surface area contributed by atoms with E-state index >= 15 is 0 Å². The van der Waals surface area contributed by atoms with Gasteiger partial charge in [0.2, 0.25) is 0 Å². The smallest absolute Gasteiger partial charge is 0.308 e. The van der Waals surface area contributed by atoms with Gasteiger partial charge < -0.3 is 5.11 Å². The van der Waals surface area contributed by atoms with E-state index in [9.17, 15) is 9.90 Å². The highest BCUT2D eigenvalue weighted by atomic mass is 32.1. The molecule has 18 heavy (non-hydrogen) atoms. The molecule has 0 bridgehead atoms. The van der Waals surface area contributed by atoms with Gasteiger partial charge in [-0.2, -0.15) is 0 Å². The van der Waals surface area contributed by atoms with Crippen LogP contribution < -0.4 is 0 Å². The zero-order chi connectivity index (χ0) is 13.1. The minimum absolute atomic E-state index is 0.132. The molecule has 3 unspecified atom stereocenters. The van der Waals surface area contributed by atoms with Crippen molar-refractivity contribution in [2.45, 2.75) is 38.8 Å². The second kappa shape index (κ2) is 5.80. The molecular weight excluding hydrogens is 248 g/mol. The monoisotopic (exact) mass is 268 g/mol. The Morgan fingerprint density at radius 1 is 1.61 bits per heavy atom. The first kappa shape index (κ1) is 13.5. The van der Waals surface area contributed by atoms with Crippen LogP contribution in [0.15, 0.2) is 10.9 Å². The summed E-state index contributed by atoms with van der Waals surface area (Å²) in [6.07, 6.45) is 2.79. The summed E-state index contributed by atoms with van der Waals surface area (Å²) in [5, 5.41) is 11.4. The van der Waals surface area contributed by atoms with Gasteiger partial charge in [-0.25, -0.2) is 4.98 Å². The molecule has 0 aromatic carbocycles. The number of thiazole rings is 1. The van der Waals surface area contributed by atoms with Crippen molar-refractivity contribution >= 4 is 17.3 Å². The van der Waals surface area contributed by atoms with E-state index < -0.39 is 5.97 Å². The summed E-state index contributed by atoms with van der Waals surface area (Å²) in [6, 6.07) is 0.132. The van der Waals surface area contributed by atoms with Crippen LogP contribution in [-0.4, -0.2) is 34.0 Å². The van der Waals surface area contributed by atoms with Gasteiger partial charge in [-0.05, 0) is 32.2 Å². The average molecular weight is 268 g/mol. The second-order valence-electron chi connectivity index (χ2n) is 5.33. The van der Waals surface area contributed by atoms with Crippen LogP contribution in [0.2, 0.25) is 0 Å². The van der Waals surface area contributed by atoms with Gasteiger partial charge >= 0.3 is 5.97 Å². The van der Waals surface area contributed by atoms with E-state index in [0.717, 1.165) is 31.5 Å². The molecule has 1 aliphatic carbocycles. The van der Waals surface area contributed by atoms with Crippen molar-refractivity contribution in [2.75, 3.05) is 7.05 Å². The predicted molar refractivity (Wildman–Crippen MR) is 71.5 cm³/mol. The Morgan fingerprint density at radius 2 is 2.39 bits per heavy atom. The summed E-state index contributed by atoms with van der Waals surface area (Å²) >= 11 is 1.58. The minimum Gasteiger partial charge on any atom is -0.481 e. The molecule has 1 aliphatic rings. The summed E-state index contributed by atoms with van der Waals surface area (Å²) in [4.78, 5) is 17.8. The molecule has 2 rings (SSSR count). The lowest BCUT2D eigenvalue weighted by molar-refractivity contribution is -0.146. The van der Waals surface area contributed by atoms with Crippen LogP contribution in [0.25, 0.3) is 0 Å². The SMILES string of the molecule is CC1CCC(C(=O)O)C(N(C)Cc2cscn2)C1. The summed E-state index contributed by atoms with van der Waals surface area (Å²) in [6.45, 7) is 2.95. The molecule has 1 saturated carbocycles. The summed E-state index contributed by atoms with van der Waals surface area (Å²) in [5.74, 6) is -0.273. The molecule has 3 atom stereocenters. The van der Waals surface area contributed by atoms with Crippen LogP contribution >= 0.6 is 11.3 Å². The molecule has 0 saturated heterocycles. The Bertz CT molecular complexity index is 394. The molecule has 0 aliphatic heterocycles. The van der Waals surface area contributed by atoms with Gasteiger partial charge in [0, 0.05) is 18.0 Å². The van der Waals surface area contributed by atoms with Crippen LogP contribution in [0, 0.1) is 11.8 Å². The Hall–Kier alpha value is -0.940. The molecule has 1 aromatic rings. The second-order valence-corrected chi connectivity index (χ2v) is 6.04. The van der Waals surface area contributed by atoms with E-state index in [1.54, 1.807) is 11.3 Å². The number of rotatable bonds is 4. The molecule has 5 heteroatoms. The Morgan fingerprint density at radius 3 is 3.00 bits per heavy atom. The van der Waals surface area contributed by atoms with E-state index in [0.29, 0.717) is 5.92 Å². The van der Waals surface area contributed by atoms with Crippen LogP contribution in [0.5, 0.6) is 0 Å². The highest BCUT2D eigenvalue weighted by Gasteiger charge is 2.35. The lowest BCUT2D eigenvalue weighted by atomic mass is 9.78. The Balaban J connectivity index is 2.04. The Kier molecular flexibility index (Phi) is 4.35. The van der Waals surface area contributed by atoms with Crippen molar-refractivity contribution in [3.8, 4) is 0 Å². The maximum Gasteiger partial charge on any atom is 0.308 e. The van der Waals surface area contributed by atoms with Crippen molar-refractivity contribution in [3.63, 3.8) is 0 Å². The van der Waals surface area contributed by atoms with Crippen LogP contribution in [0.1, 0.15) is 31.9 Å². The highest BCUT2D eigenvalue weighted by Crippen LogP contribution is 2.32. The number of carboxylic acid groups (broad SMARTS) is 1. The fourth-order valence-electron chi connectivity index (χ4n) is 2.81. The van der Waals surface area contributed by atoms with E-state index in [1.165, 1.54) is 0 Å².